The van der Waals surface area contributed by atoms with Crippen molar-refractivity contribution in [1.29, 1.82) is 0 Å². The summed E-state index contributed by atoms with van der Waals surface area (Å²) in [4.78, 5) is 14.1. The van der Waals surface area contributed by atoms with E-state index in [-0.39, 0.29) is 0 Å². The quantitative estimate of drug-likeness (QED) is 0.186. The molecule has 0 fully saturated rings. The minimum absolute atomic E-state index is 0.808. The molecule has 0 radical (unpaired) electrons. The van der Waals surface area contributed by atoms with Crippen LogP contribution in [-0.4, -0.2) is 15.0 Å². The van der Waals surface area contributed by atoms with Crippen LogP contribution in [0.5, 0.6) is 0 Å². The number of benzene rings is 6. The van der Waals surface area contributed by atoms with Crippen LogP contribution in [0, 0.1) is 0 Å². The lowest BCUT2D eigenvalue weighted by atomic mass is 9.91. The van der Waals surface area contributed by atoms with Gasteiger partial charge in [-0.05, 0) is 98.1 Å². The van der Waals surface area contributed by atoms with Gasteiger partial charge >= 0.3 is 0 Å². The van der Waals surface area contributed by atoms with E-state index in [0.29, 0.717) is 0 Å². The molecule has 0 saturated heterocycles. The van der Waals surface area contributed by atoms with Crippen LogP contribution in [0.25, 0.3) is 99.6 Å². The van der Waals surface area contributed by atoms with Crippen LogP contribution in [0.1, 0.15) is 0 Å². The Hall–Kier alpha value is -6.91. The Balaban J connectivity index is 1.14. The van der Waals surface area contributed by atoms with Crippen molar-refractivity contribution in [2.75, 3.05) is 0 Å². The SMILES string of the molecule is c1ccc(-c2cc(-c3ccc(-c4cc5c(oc6cccc(-c7cccc8ccccc78)c65)c5ccccc45)cc3)cc(-c3ccccn3)n2)nc1. The first-order valence-electron chi connectivity index (χ1n) is 17.1. The summed E-state index contributed by atoms with van der Waals surface area (Å²) in [5.41, 5.74) is 11.9. The predicted molar refractivity (Wildman–Crippen MR) is 209 cm³/mol. The Kier molecular flexibility index (Phi) is 6.78. The van der Waals surface area contributed by atoms with E-state index in [1.807, 2.05) is 36.4 Å². The van der Waals surface area contributed by atoms with E-state index >= 15 is 0 Å². The van der Waals surface area contributed by atoms with E-state index in [0.717, 1.165) is 77.7 Å². The highest BCUT2D eigenvalue weighted by Gasteiger charge is 2.19. The van der Waals surface area contributed by atoms with Gasteiger partial charge < -0.3 is 4.42 Å². The molecule has 6 aromatic carbocycles. The standard InChI is InChI=1S/C47H29N3O/c1-2-13-34-31(11-1)12-9-16-35(34)37-17-10-20-45-46(37)40-29-39(36-14-3-4-15-38(36)47(40)51-45)32-23-21-30(22-24-32)33-27-43(41-18-5-7-25-48-41)50-44(28-33)42-19-6-8-26-49-42/h1-29H. The van der Waals surface area contributed by atoms with Gasteiger partial charge in [0.2, 0.25) is 0 Å². The second-order valence-electron chi connectivity index (χ2n) is 12.8. The zero-order chi connectivity index (χ0) is 33.7. The Morgan fingerprint density at radius 2 is 0.980 bits per heavy atom. The van der Waals surface area contributed by atoms with E-state index < -0.39 is 0 Å². The summed E-state index contributed by atoms with van der Waals surface area (Å²) in [6, 6.07) is 57.2. The molecular formula is C47H29N3O. The summed E-state index contributed by atoms with van der Waals surface area (Å²) in [5, 5.41) is 6.95. The Bertz CT molecular complexity index is 2830. The van der Waals surface area contributed by atoms with Crippen molar-refractivity contribution in [2.45, 2.75) is 0 Å². The maximum absolute atomic E-state index is 6.69. The van der Waals surface area contributed by atoms with Crippen LogP contribution >= 0.6 is 0 Å². The van der Waals surface area contributed by atoms with E-state index in [4.69, 9.17) is 9.40 Å². The van der Waals surface area contributed by atoms with Crippen molar-refractivity contribution < 1.29 is 4.42 Å². The van der Waals surface area contributed by atoms with Crippen LogP contribution < -0.4 is 0 Å². The van der Waals surface area contributed by atoms with E-state index in [1.165, 1.54) is 21.9 Å². The topological polar surface area (TPSA) is 51.8 Å². The third-order valence-electron chi connectivity index (χ3n) is 9.79. The van der Waals surface area contributed by atoms with Crippen molar-refractivity contribution in [3.63, 3.8) is 0 Å². The number of rotatable bonds is 5. The fraction of sp³-hybridized carbons (Fsp3) is 0. The first-order valence-corrected chi connectivity index (χ1v) is 17.1. The molecule has 0 unspecified atom stereocenters. The molecule has 4 nitrogen and oxygen atoms in total. The molecule has 0 N–H and O–H groups in total. The third-order valence-corrected chi connectivity index (χ3v) is 9.79. The summed E-state index contributed by atoms with van der Waals surface area (Å²) in [7, 11) is 0. The molecule has 0 aliphatic heterocycles. The lowest BCUT2D eigenvalue weighted by molar-refractivity contribution is 0.673. The van der Waals surface area contributed by atoms with Gasteiger partial charge in [-0.3, -0.25) is 9.97 Å². The molecule has 0 spiro atoms. The summed E-state index contributed by atoms with van der Waals surface area (Å²) in [5.74, 6) is 0. The summed E-state index contributed by atoms with van der Waals surface area (Å²) < 4.78 is 6.69. The Morgan fingerprint density at radius 3 is 1.71 bits per heavy atom. The predicted octanol–water partition coefficient (Wildman–Crippen LogP) is 12.4. The Labute approximate surface area is 294 Å². The van der Waals surface area contributed by atoms with Gasteiger partial charge in [-0.15, -0.1) is 0 Å². The summed E-state index contributed by atoms with van der Waals surface area (Å²) >= 11 is 0. The van der Waals surface area contributed by atoms with Crippen molar-refractivity contribution in [2.24, 2.45) is 0 Å². The molecule has 4 heterocycles. The van der Waals surface area contributed by atoms with Crippen LogP contribution in [0.3, 0.4) is 0 Å². The minimum atomic E-state index is 0.808. The fourth-order valence-corrected chi connectivity index (χ4v) is 7.40. The fourth-order valence-electron chi connectivity index (χ4n) is 7.40. The number of aromatic nitrogens is 3. The van der Waals surface area contributed by atoms with Crippen molar-refractivity contribution in [3.8, 4) is 56.2 Å². The highest BCUT2D eigenvalue weighted by atomic mass is 16.3. The van der Waals surface area contributed by atoms with Crippen molar-refractivity contribution >= 4 is 43.5 Å². The monoisotopic (exact) mass is 651 g/mol. The molecule has 0 atom stereocenters. The molecular weight excluding hydrogens is 623 g/mol. The smallest absolute Gasteiger partial charge is 0.143 e. The minimum Gasteiger partial charge on any atom is -0.455 e. The van der Waals surface area contributed by atoms with Crippen LogP contribution in [-0.2, 0) is 0 Å². The number of pyridine rings is 3. The number of hydrogen-bond acceptors (Lipinski definition) is 4. The average Bonchev–Trinajstić information content (AvgIpc) is 3.60. The van der Waals surface area contributed by atoms with Crippen molar-refractivity contribution in [1.82, 2.24) is 15.0 Å². The molecule has 10 aromatic rings. The molecule has 238 valence electrons. The molecule has 0 saturated carbocycles. The highest BCUT2D eigenvalue weighted by Crippen LogP contribution is 2.44. The van der Waals surface area contributed by atoms with Gasteiger partial charge in [0.15, 0.2) is 0 Å². The highest BCUT2D eigenvalue weighted by molar-refractivity contribution is 6.23. The zero-order valence-corrected chi connectivity index (χ0v) is 27.5. The molecule has 0 amide bonds. The Morgan fingerprint density at radius 1 is 0.373 bits per heavy atom. The molecule has 51 heavy (non-hydrogen) atoms. The van der Waals surface area contributed by atoms with E-state index in [2.05, 4.69) is 137 Å². The summed E-state index contributed by atoms with van der Waals surface area (Å²) in [6.45, 7) is 0. The van der Waals surface area contributed by atoms with Gasteiger partial charge in [0.1, 0.15) is 11.2 Å². The largest absolute Gasteiger partial charge is 0.455 e. The normalized spacial score (nSPS) is 11.5. The molecule has 4 heteroatoms. The average molecular weight is 652 g/mol. The van der Waals surface area contributed by atoms with Crippen LogP contribution in [0.2, 0.25) is 0 Å². The number of fused-ring (bicyclic) bond motifs is 6. The molecule has 0 aliphatic rings. The maximum Gasteiger partial charge on any atom is 0.143 e. The molecule has 4 aromatic heterocycles. The van der Waals surface area contributed by atoms with Gasteiger partial charge in [-0.1, -0.05) is 115 Å². The number of hydrogen-bond donors (Lipinski definition) is 0. The van der Waals surface area contributed by atoms with Gasteiger partial charge in [-0.2, -0.15) is 0 Å². The lowest BCUT2D eigenvalue weighted by Gasteiger charge is -2.12. The molecule has 0 aliphatic carbocycles. The first-order chi connectivity index (χ1) is 25.3. The van der Waals surface area contributed by atoms with Gasteiger partial charge in [-0.25, -0.2) is 4.98 Å². The summed E-state index contributed by atoms with van der Waals surface area (Å²) in [6.07, 6.45) is 3.60. The first kappa shape index (κ1) is 29.0. The second-order valence-corrected chi connectivity index (χ2v) is 12.8. The lowest BCUT2D eigenvalue weighted by Crippen LogP contribution is -1.94. The number of nitrogens with zero attached hydrogens (tertiary/aromatic N) is 3. The van der Waals surface area contributed by atoms with Crippen LogP contribution in [0.15, 0.2) is 181 Å². The molecule has 0 bridgehead atoms. The van der Waals surface area contributed by atoms with E-state index in [1.54, 1.807) is 12.4 Å². The molecule has 10 rings (SSSR count). The second kappa shape index (κ2) is 11.9. The number of furan rings is 1. The van der Waals surface area contributed by atoms with Crippen LogP contribution in [0.4, 0.5) is 0 Å². The van der Waals surface area contributed by atoms with E-state index in [9.17, 15) is 0 Å². The van der Waals surface area contributed by atoms with Gasteiger partial charge in [0, 0.05) is 28.6 Å². The van der Waals surface area contributed by atoms with Crippen molar-refractivity contribution in [3.05, 3.63) is 176 Å². The zero-order valence-electron chi connectivity index (χ0n) is 27.5. The van der Waals surface area contributed by atoms with Gasteiger partial charge in [0.05, 0.1) is 22.8 Å². The third kappa shape index (κ3) is 4.96. The maximum atomic E-state index is 6.69. The van der Waals surface area contributed by atoms with Gasteiger partial charge in [0.25, 0.3) is 0 Å².